The van der Waals surface area contributed by atoms with Crippen LogP contribution in [0.1, 0.15) is 38.1 Å². The van der Waals surface area contributed by atoms with Crippen molar-refractivity contribution in [2.75, 3.05) is 25.0 Å². The van der Waals surface area contributed by atoms with E-state index >= 15 is 0 Å². The molecule has 1 N–H and O–H groups in total. The lowest BCUT2D eigenvalue weighted by Crippen LogP contribution is -2.27. The molecule has 1 atom stereocenters. The van der Waals surface area contributed by atoms with Crippen LogP contribution in [0.2, 0.25) is 0 Å². The highest BCUT2D eigenvalue weighted by Crippen LogP contribution is 2.22. The standard InChI is InChI=1S/C10H18N4O/c1-3-14(2)10-12-9(15-13-10)8-6-4-5-7-11-8/h8,11H,3-7H2,1-2H3/t8-/m1/s1. The van der Waals surface area contributed by atoms with E-state index in [1.54, 1.807) is 0 Å². The second kappa shape index (κ2) is 4.61. The minimum Gasteiger partial charge on any atom is -0.342 e. The second-order valence-corrected chi connectivity index (χ2v) is 3.95. The summed E-state index contributed by atoms with van der Waals surface area (Å²) in [6, 6.07) is 0.255. The van der Waals surface area contributed by atoms with Crippen LogP contribution in [-0.4, -0.2) is 30.3 Å². The number of rotatable bonds is 3. The van der Waals surface area contributed by atoms with Crippen molar-refractivity contribution in [2.45, 2.75) is 32.2 Å². The lowest BCUT2D eigenvalue weighted by atomic mass is 10.1. The van der Waals surface area contributed by atoms with E-state index in [0.29, 0.717) is 5.95 Å². The summed E-state index contributed by atoms with van der Waals surface area (Å²) in [5.74, 6) is 1.41. The van der Waals surface area contributed by atoms with Crippen molar-refractivity contribution in [3.8, 4) is 0 Å². The zero-order valence-electron chi connectivity index (χ0n) is 9.36. The molecule has 0 aliphatic carbocycles. The maximum atomic E-state index is 5.26. The molecule has 0 amide bonds. The Labute approximate surface area is 89.8 Å². The first-order valence-electron chi connectivity index (χ1n) is 5.59. The first kappa shape index (κ1) is 10.4. The van der Waals surface area contributed by atoms with E-state index in [1.165, 1.54) is 12.8 Å². The highest BCUT2D eigenvalue weighted by molar-refractivity contribution is 5.25. The van der Waals surface area contributed by atoms with Crippen molar-refractivity contribution in [3.05, 3.63) is 5.89 Å². The topological polar surface area (TPSA) is 54.2 Å². The zero-order chi connectivity index (χ0) is 10.7. The number of nitrogens with zero attached hydrogens (tertiary/aromatic N) is 3. The molecule has 0 bridgehead atoms. The van der Waals surface area contributed by atoms with Gasteiger partial charge in [0, 0.05) is 13.6 Å². The van der Waals surface area contributed by atoms with Gasteiger partial charge in [-0.1, -0.05) is 6.42 Å². The Morgan fingerprint density at radius 2 is 2.40 bits per heavy atom. The first-order valence-corrected chi connectivity index (χ1v) is 5.59. The quantitative estimate of drug-likeness (QED) is 0.816. The van der Waals surface area contributed by atoms with E-state index < -0.39 is 0 Å². The highest BCUT2D eigenvalue weighted by atomic mass is 16.5. The number of anilines is 1. The molecule has 1 aliphatic heterocycles. The summed E-state index contributed by atoms with van der Waals surface area (Å²) in [7, 11) is 1.96. The fourth-order valence-corrected chi connectivity index (χ4v) is 1.73. The molecule has 0 saturated carbocycles. The molecular weight excluding hydrogens is 192 g/mol. The summed E-state index contributed by atoms with van der Waals surface area (Å²) < 4.78 is 5.26. The minimum atomic E-state index is 0.255. The van der Waals surface area contributed by atoms with E-state index in [0.717, 1.165) is 25.4 Å². The number of nitrogens with one attached hydrogen (secondary N) is 1. The Hall–Kier alpha value is -1.10. The van der Waals surface area contributed by atoms with Crippen LogP contribution in [0.4, 0.5) is 5.95 Å². The predicted octanol–water partition coefficient (Wildman–Crippen LogP) is 1.34. The van der Waals surface area contributed by atoms with Crippen LogP contribution in [0.3, 0.4) is 0 Å². The van der Waals surface area contributed by atoms with Crippen molar-refractivity contribution in [3.63, 3.8) is 0 Å². The number of aromatic nitrogens is 2. The van der Waals surface area contributed by atoms with Gasteiger partial charge >= 0.3 is 0 Å². The van der Waals surface area contributed by atoms with Crippen LogP contribution in [-0.2, 0) is 0 Å². The van der Waals surface area contributed by atoms with Crippen LogP contribution in [0, 0.1) is 0 Å². The third kappa shape index (κ3) is 2.28. The van der Waals surface area contributed by atoms with Gasteiger partial charge in [0.2, 0.25) is 5.89 Å². The molecule has 2 heterocycles. The van der Waals surface area contributed by atoms with Gasteiger partial charge in [0.05, 0.1) is 6.04 Å². The van der Waals surface area contributed by atoms with Gasteiger partial charge in [-0.15, -0.1) is 0 Å². The van der Waals surface area contributed by atoms with Gasteiger partial charge in [-0.05, 0) is 31.5 Å². The molecule has 1 saturated heterocycles. The Balaban J connectivity index is 2.05. The summed E-state index contributed by atoms with van der Waals surface area (Å²) in [5.41, 5.74) is 0. The summed E-state index contributed by atoms with van der Waals surface area (Å²) >= 11 is 0. The van der Waals surface area contributed by atoms with Crippen LogP contribution in [0.5, 0.6) is 0 Å². The summed E-state index contributed by atoms with van der Waals surface area (Å²) in [6.07, 6.45) is 3.57. The molecule has 1 aromatic rings. The van der Waals surface area contributed by atoms with Gasteiger partial charge in [-0.2, -0.15) is 4.98 Å². The maximum Gasteiger partial charge on any atom is 0.265 e. The van der Waals surface area contributed by atoms with Crippen molar-refractivity contribution < 1.29 is 4.52 Å². The lowest BCUT2D eigenvalue weighted by Gasteiger charge is -2.19. The predicted molar refractivity (Wildman–Crippen MR) is 57.8 cm³/mol. The van der Waals surface area contributed by atoms with Gasteiger partial charge in [0.15, 0.2) is 0 Å². The monoisotopic (exact) mass is 210 g/mol. The fourth-order valence-electron chi connectivity index (χ4n) is 1.73. The maximum absolute atomic E-state index is 5.26. The van der Waals surface area contributed by atoms with Gasteiger partial charge in [-0.25, -0.2) is 0 Å². The largest absolute Gasteiger partial charge is 0.342 e. The SMILES string of the molecule is CCN(C)c1noc([C@H]2CCCCN2)n1. The summed E-state index contributed by atoms with van der Waals surface area (Å²) in [6.45, 7) is 4.00. The smallest absolute Gasteiger partial charge is 0.265 e. The molecule has 5 heteroatoms. The number of hydrogen-bond acceptors (Lipinski definition) is 5. The Morgan fingerprint density at radius 3 is 3.07 bits per heavy atom. The molecule has 0 aromatic carbocycles. The molecule has 15 heavy (non-hydrogen) atoms. The van der Waals surface area contributed by atoms with Crippen LogP contribution < -0.4 is 10.2 Å². The number of hydrogen-bond donors (Lipinski definition) is 1. The lowest BCUT2D eigenvalue weighted by molar-refractivity contribution is 0.297. The van der Waals surface area contributed by atoms with Crippen molar-refractivity contribution >= 4 is 5.95 Å². The van der Waals surface area contributed by atoms with Crippen LogP contribution in [0.15, 0.2) is 4.52 Å². The van der Waals surface area contributed by atoms with E-state index in [2.05, 4.69) is 22.4 Å². The van der Waals surface area contributed by atoms with E-state index in [9.17, 15) is 0 Å². The molecule has 0 unspecified atom stereocenters. The third-order valence-corrected chi connectivity index (χ3v) is 2.86. The average Bonchev–Trinajstić information content (AvgIpc) is 2.78. The molecule has 1 aliphatic rings. The Kier molecular flexibility index (Phi) is 3.20. The molecule has 84 valence electrons. The highest BCUT2D eigenvalue weighted by Gasteiger charge is 2.21. The Morgan fingerprint density at radius 1 is 1.53 bits per heavy atom. The first-order chi connectivity index (χ1) is 7.31. The third-order valence-electron chi connectivity index (χ3n) is 2.86. The number of piperidine rings is 1. The van der Waals surface area contributed by atoms with Crippen LogP contribution in [0.25, 0.3) is 0 Å². The van der Waals surface area contributed by atoms with Crippen molar-refractivity contribution in [1.29, 1.82) is 0 Å². The minimum absolute atomic E-state index is 0.255. The van der Waals surface area contributed by atoms with Crippen LogP contribution >= 0.6 is 0 Å². The molecule has 1 aromatic heterocycles. The fraction of sp³-hybridized carbons (Fsp3) is 0.800. The molecule has 1 fully saturated rings. The molecule has 5 nitrogen and oxygen atoms in total. The summed E-state index contributed by atoms with van der Waals surface area (Å²) in [4.78, 5) is 6.36. The molecule has 2 rings (SSSR count). The molecular formula is C10H18N4O. The second-order valence-electron chi connectivity index (χ2n) is 3.95. The van der Waals surface area contributed by atoms with Gasteiger partial charge in [0.1, 0.15) is 0 Å². The average molecular weight is 210 g/mol. The van der Waals surface area contributed by atoms with E-state index in [-0.39, 0.29) is 6.04 Å². The van der Waals surface area contributed by atoms with Gasteiger partial charge in [-0.3, -0.25) is 0 Å². The van der Waals surface area contributed by atoms with E-state index in [4.69, 9.17) is 4.52 Å². The Bertz CT molecular complexity index is 306. The normalized spacial score (nSPS) is 21.6. The van der Waals surface area contributed by atoms with E-state index in [1.807, 2.05) is 11.9 Å². The molecule has 0 spiro atoms. The molecule has 0 radical (unpaired) electrons. The van der Waals surface area contributed by atoms with Gasteiger partial charge < -0.3 is 14.7 Å². The zero-order valence-corrected chi connectivity index (χ0v) is 9.36. The van der Waals surface area contributed by atoms with Gasteiger partial charge in [0.25, 0.3) is 5.95 Å². The van der Waals surface area contributed by atoms with Crippen molar-refractivity contribution in [2.24, 2.45) is 0 Å². The summed E-state index contributed by atoms with van der Waals surface area (Å²) in [5, 5.41) is 7.35. The van der Waals surface area contributed by atoms with Crippen molar-refractivity contribution in [1.82, 2.24) is 15.5 Å².